The minimum Gasteiger partial charge on any atom is -0.449 e. The van der Waals surface area contributed by atoms with Crippen LogP contribution in [0.15, 0.2) is 88.6 Å². The summed E-state index contributed by atoms with van der Waals surface area (Å²) in [5.74, 6) is -2.79. The van der Waals surface area contributed by atoms with Gasteiger partial charge in [0.05, 0.1) is 22.5 Å². The van der Waals surface area contributed by atoms with Gasteiger partial charge in [-0.25, -0.2) is 18.4 Å². The SMILES string of the molecule is Cc1ccccc1CS(=O)(=O)c1ncc(Cl)c(C(=O)Nc2c(C(=O)Nc3cccc(C(F)(F)F)c3)oc3ccccc23)n1. The van der Waals surface area contributed by atoms with Crippen molar-refractivity contribution in [3.63, 3.8) is 0 Å². The highest BCUT2D eigenvalue weighted by Gasteiger charge is 2.31. The summed E-state index contributed by atoms with van der Waals surface area (Å²) in [6.07, 6.45) is -3.66. The molecule has 0 spiro atoms. The Morgan fingerprint density at radius 1 is 0.953 bits per heavy atom. The predicted octanol–water partition coefficient (Wildman–Crippen LogP) is 6.68. The number of halogens is 4. The van der Waals surface area contributed by atoms with Crippen LogP contribution < -0.4 is 10.6 Å². The summed E-state index contributed by atoms with van der Waals surface area (Å²) in [6.45, 7) is 1.75. The fourth-order valence-corrected chi connectivity index (χ4v) is 5.65. The number of nitrogens with one attached hydrogen (secondary N) is 2. The lowest BCUT2D eigenvalue weighted by Crippen LogP contribution is -2.20. The lowest BCUT2D eigenvalue weighted by Gasteiger charge is -2.11. The van der Waals surface area contributed by atoms with Crippen LogP contribution in [0.3, 0.4) is 0 Å². The molecular formula is C29H20ClF3N4O5S. The molecule has 0 saturated carbocycles. The molecule has 0 fully saturated rings. The van der Waals surface area contributed by atoms with Gasteiger partial charge in [-0.2, -0.15) is 13.2 Å². The molecule has 0 unspecified atom stereocenters. The van der Waals surface area contributed by atoms with Gasteiger partial charge < -0.3 is 15.1 Å². The second-order valence-corrected chi connectivity index (χ2v) is 11.6. The van der Waals surface area contributed by atoms with Gasteiger partial charge in [-0.1, -0.05) is 54.1 Å². The fourth-order valence-electron chi connectivity index (χ4n) is 4.16. The maximum Gasteiger partial charge on any atom is 0.416 e. The molecule has 2 aromatic heterocycles. The number of sulfone groups is 1. The van der Waals surface area contributed by atoms with Crippen LogP contribution in [0, 0.1) is 6.92 Å². The fraction of sp³-hybridized carbons (Fsp3) is 0.103. The molecule has 9 nitrogen and oxygen atoms in total. The summed E-state index contributed by atoms with van der Waals surface area (Å²) in [5, 5.41) is 4.20. The zero-order valence-electron chi connectivity index (χ0n) is 22.1. The van der Waals surface area contributed by atoms with Gasteiger partial charge >= 0.3 is 6.18 Å². The number of fused-ring (bicyclic) bond motifs is 1. The first-order valence-corrected chi connectivity index (χ1v) is 14.5. The number of carbonyl (C=O) groups excluding carboxylic acids is 2. The van der Waals surface area contributed by atoms with Crippen molar-refractivity contribution in [2.45, 2.75) is 24.0 Å². The van der Waals surface area contributed by atoms with Gasteiger partial charge in [0.25, 0.3) is 11.8 Å². The largest absolute Gasteiger partial charge is 0.449 e. The number of amides is 2. The first-order valence-electron chi connectivity index (χ1n) is 12.4. The summed E-state index contributed by atoms with van der Waals surface area (Å²) in [7, 11) is -4.10. The van der Waals surface area contributed by atoms with Gasteiger partial charge in [-0.05, 0) is 48.4 Å². The van der Waals surface area contributed by atoms with Crippen molar-refractivity contribution in [3.05, 3.63) is 112 Å². The van der Waals surface area contributed by atoms with Crippen LogP contribution in [-0.2, 0) is 21.8 Å². The minimum atomic E-state index is -4.64. The number of para-hydroxylation sites is 1. The van der Waals surface area contributed by atoms with E-state index in [0.717, 1.165) is 30.0 Å². The van der Waals surface area contributed by atoms with Crippen LogP contribution in [0.5, 0.6) is 0 Å². The zero-order valence-corrected chi connectivity index (χ0v) is 23.6. The number of aromatic nitrogens is 2. The van der Waals surface area contributed by atoms with E-state index >= 15 is 0 Å². The summed E-state index contributed by atoms with van der Waals surface area (Å²) in [6, 6.07) is 17.1. The van der Waals surface area contributed by atoms with Gasteiger partial charge in [0.1, 0.15) is 11.3 Å². The monoisotopic (exact) mass is 628 g/mol. The maximum atomic E-state index is 13.4. The van der Waals surface area contributed by atoms with Crippen molar-refractivity contribution in [1.82, 2.24) is 9.97 Å². The van der Waals surface area contributed by atoms with Gasteiger partial charge in [0, 0.05) is 11.1 Å². The molecule has 220 valence electrons. The van der Waals surface area contributed by atoms with E-state index in [0.29, 0.717) is 5.56 Å². The first kappa shape index (κ1) is 29.7. The molecule has 5 rings (SSSR count). The molecule has 0 atom stereocenters. The molecule has 3 aromatic carbocycles. The van der Waals surface area contributed by atoms with Crippen molar-refractivity contribution in [1.29, 1.82) is 0 Å². The molecule has 2 heterocycles. The lowest BCUT2D eigenvalue weighted by molar-refractivity contribution is -0.137. The van der Waals surface area contributed by atoms with Crippen LogP contribution in [0.2, 0.25) is 5.02 Å². The molecule has 0 aliphatic rings. The van der Waals surface area contributed by atoms with Crippen molar-refractivity contribution in [2.24, 2.45) is 0 Å². The van der Waals surface area contributed by atoms with E-state index in [-0.39, 0.29) is 27.4 Å². The van der Waals surface area contributed by atoms with E-state index < -0.39 is 55.8 Å². The summed E-state index contributed by atoms with van der Waals surface area (Å²) >= 11 is 6.17. The third-order valence-electron chi connectivity index (χ3n) is 6.31. The van der Waals surface area contributed by atoms with E-state index in [1.165, 1.54) is 18.2 Å². The Hall–Kier alpha value is -4.75. The highest BCUT2D eigenvalue weighted by atomic mass is 35.5. The Morgan fingerprint density at radius 3 is 2.42 bits per heavy atom. The Kier molecular flexibility index (Phi) is 7.95. The van der Waals surface area contributed by atoms with Gasteiger partial charge in [-0.15, -0.1) is 0 Å². The normalized spacial score (nSPS) is 11.8. The van der Waals surface area contributed by atoms with Crippen LogP contribution in [0.1, 0.15) is 37.7 Å². The number of benzene rings is 3. The third-order valence-corrected chi connectivity index (χ3v) is 8.03. The number of anilines is 2. The molecule has 0 saturated heterocycles. The summed E-state index contributed by atoms with van der Waals surface area (Å²) < 4.78 is 71.3. The van der Waals surface area contributed by atoms with Gasteiger partial charge in [0.15, 0.2) is 5.69 Å². The molecule has 0 bridgehead atoms. The van der Waals surface area contributed by atoms with Crippen molar-refractivity contribution in [3.8, 4) is 0 Å². The number of hydrogen-bond acceptors (Lipinski definition) is 7. The number of alkyl halides is 3. The van der Waals surface area contributed by atoms with E-state index in [9.17, 15) is 31.2 Å². The molecule has 0 aliphatic heterocycles. The summed E-state index contributed by atoms with van der Waals surface area (Å²) in [5.41, 5.74) is -0.329. The topological polar surface area (TPSA) is 131 Å². The average molecular weight is 629 g/mol. The first-order chi connectivity index (χ1) is 20.3. The third kappa shape index (κ3) is 6.37. The van der Waals surface area contributed by atoms with E-state index in [2.05, 4.69) is 20.6 Å². The number of furan rings is 1. The Labute approximate surface area is 247 Å². The predicted molar refractivity (Wildman–Crippen MR) is 153 cm³/mol. The molecular weight excluding hydrogens is 609 g/mol. The average Bonchev–Trinajstić information content (AvgIpc) is 3.32. The lowest BCUT2D eigenvalue weighted by atomic mass is 10.1. The standard InChI is InChI=1S/C29H20ClF3N4O5S/c1-16-7-2-3-8-17(16)15-43(40,41)28-34-14-21(30)24(37-28)26(38)36-23-20-11-4-5-12-22(20)42-25(23)27(39)35-19-10-6-9-18(13-19)29(31,32)33/h2-14H,15H2,1H3,(H,35,39)(H,36,38). The van der Waals surface area contributed by atoms with Crippen molar-refractivity contribution in [2.75, 3.05) is 10.6 Å². The molecule has 2 N–H and O–H groups in total. The zero-order chi connectivity index (χ0) is 30.9. The van der Waals surface area contributed by atoms with Crippen LogP contribution in [0.4, 0.5) is 24.5 Å². The number of nitrogens with zero attached hydrogens (tertiary/aromatic N) is 2. The number of rotatable bonds is 7. The number of hydrogen-bond donors (Lipinski definition) is 2. The van der Waals surface area contributed by atoms with Gasteiger partial charge in [-0.3, -0.25) is 9.59 Å². The Morgan fingerprint density at radius 2 is 1.67 bits per heavy atom. The maximum absolute atomic E-state index is 13.4. The molecule has 0 radical (unpaired) electrons. The smallest absolute Gasteiger partial charge is 0.416 e. The van der Waals surface area contributed by atoms with E-state index in [1.807, 2.05) is 0 Å². The van der Waals surface area contributed by atoms with Gasteiger partial charge in [0.2, 0.25) is 20.8 Å². The highest BCUT2D eigenvalue weighted by Crippen LogP contribution is 2.34. The van der Waals surface area contributed by atoms with E-state index in [4.69, 9.17) is 16.0 Å². The second kappa shape index (κ2) is 11.5. The van der Waals surface area contributed by atoms with Crippen LogP contribution >= 0.6 is 11.6 Å². The van der Waals surface area contributed by atoms with E-state index in [1.54, 1.807) is 43.3 Å². The molecule has 14 heteroatoms. The van der Waals surface area contributed by atoms with Crippen molar-refractivity contribution >= 4 is 55.6 Å². The summed E-state index contributed by atoms with van der Waals surface area (Å²) in [4.78, 5) is 34.3. The molecule has 43 heavy (non-hydrogen) atoms. The second-order valence-electron chi connectivity index (χ2n) is 9.32. The molecule has 5 aromatic rings. The minimum absolute atomic E-state index is 0.135. The molecule has 0 aliphatic carbocycles. The number of carbonyl (C=O) groups is 2. The van der Waals surface area contributed by atoms with Crippen LogP contribution in [-0.4, -0.2) is 30.2 Å². The highest BCUT2D eigenvalue weighted by molar-refractivity contribution is 7.90. The Bertz CT molecular complexity index is 1990. The molecule has 2 amide bonds. The van der Waals surface area contributed by atoms with Crippen LogP contribution in [0.25, 0.3) is 11.0 Å². The quantitative estimate of drug-likeness (QED) is 0.192. The van der Waals surface area contributed by atoms with Crippen molar-refractivity contribution < 1.29 is 35.6 Å². The Balaban J connectivity index is 1.47. The number of aryl methyl sites for hydroxylation is 1.